The minimum Gasteiger partial charge on any atom is -0.382 e. The highest BCUT2D eigenvalue weighted by molar-refractivity contribution is 5.71. The van der Waals surface area contributed by atoms with E-state index in [9.17, 15) is 0 Å². The molecule has 0 atom stereocenters. The minimum atomic E-state index is 0.799. The van der Waals surface area contributed by atoms with Crippen LogP contribution in [0.4, 0.5) is 11.4 Å². The van der Waals surface area contributed by atoms with Crippen molar-refractivity contribution in [1.82, 2.24) is 0 Å². The van der Waals surface area contributed by atoms with Gasteiger partial charge in [0, 0.05) is 26.2 Å². The number of nitrogens with one attached hydrogen (secondary N) is 1. The number of rotatable bonds is 4. The Balaban J connectivity index is 2.02. The average molecular weight is 206 g/mol. The van der Waals surface area contributed by atoms with Gasteiger partial charge in [0.1, 0.15) is 0 Å². The summed E-state index contributed by atoms with van der Waals surface area (Å²) in [5.74, 6) is 0. The van der Waals surface area contributed by atoms with Crippen molar-refractivity contribution in [3.63, 3.8) is 0 Å². The Morgan fingerprint density at radius 2 is 2.27 bits per heavy atom. The SMILES string of the molecule is CCOCCN1CCNc2ccccc21. The lowest BCUT2D eigenvalue weighted by atomic mass is 10.2. The molecule has 3 nitrogen and oxygen atoms in total. The molecule has 0 spiro atoms. The molecule has 0 fully saturated rings. The maximum absolute atomic E-state index is 5.39. The predicted molar refractivity (Wildman–Crippen MR) is 63.6 cm³/mol. The fourth-order valence-electron chi connectivity index (χ4n) is 1.90. The van der Waals surface area contributed by atoms with Gasteiger partial charge in [-0.15, -0.1) is 0 Å². The highest BCUT2D eigenvalue weighted by Gasteiger charge is 2.14. The van der Waals surface area contributed by atoms with Gasteiger partial charge in [-0.25, -0.2) is 0 Å². The molecule has 1 aromatic rings. The quantitative estimate of drug-likeness (QED) is 0.762. The summed E-state index contributed by atoms with van der Waals surface area (Å²) in [7, 11) is 0. The van der Waals surface area contributed by atoms with E-state index in [1.807, 2.05) is 6.92 Å². The number of ether oxygens (including phenoxy) is 1. The molecule has 0 bridgehead atoms. The first kappa shape index (κ1) is 10.3. The summed E-state index contributed by atoms with van der Waals surface area (Å²) in [4.78, 5) is 2.38. The van der Waals surface area contributed by atoms with E-state index in [1.54, 1.807) is 0 Å². The molecule has 0 saturated heterocycles. The molecule has 0 amide bonds. The van der Waals surface area contributed by atoms with Crippen molar-refractivity contribution in [2.24, 2.45) is 0 Å². The third kappa shape index (κ3) is 2.42. The lowest BCUT2D eigenvalue weighted by Gasteiger charge is -2.31. The number of nitrogens with zero attached hydrogens (tertiary/aromatic N) is 1. The van der Waals surface area contributed by atoms with Gasteiger partial charge in [0.15, 0.2) is 0 Å². The van der Waals surface area contributed by atoms with Gasteiger partial charge in [-0.2, -0.15) is 0 Å². The number of para-hydroxylation sites is 2. The molecule has 15 heavy (non-hydrogen) atoms. The molecule has 3 heteroatoms. The fourth-order valence-corrected chi connectivity index (χ4v) is 1.90. The summed E-state index contributed by atoms with van der Waals surface area (Å²) in [6.45, 7) is 6.70. The second kappa shape index (κ2) is 5.03. The second-order valence-corrected chi connectivity index (χ2v) is 3.63. The lowest BCUT2D eigenvalue weighted by Crippen LogP contribution is -2.36. The molecule has 0 aliphatic carbocycles. The van der Waals surface area contributed by atoms with Gasteiger partial charge in [0.25, 0.3) is 0 Å². The summed E-state index contributed by atoms with van der Waals surface area (Å²) in [6.07, 6.45) is 0. The molecular weight excluding hydrogens is 188 g/mol. The zero-order valence-electron chi connectivity index (χ0n) is 9.20. The van der Waals surface area contributed by atoms with E-state index in [0.717, 1.165) is 32.8 Å². The van der Waals surface area contributed by atoms with Gasteiger partial charge in [-0.05, 0) is 19.1 Å². The van der Waals surface area contributed by atoms with Crippen LogP contribution in [-0.2, 0) is 4.74 Å². The number of hydrogen-bond acceptors (Lipinski definition) is 3. The maximum atomic E-state index is 5.39. The van der Waals surface area contributed by atoms with E-state index >= 15 is 0 Å². The van der Waals surface area contributed by atoms with Crippen molar-refractivity contribution in [2.75, 3.05) is 43.1 Å². The Morgan fingerprint density at radius 1 is 1.40 bits per heavy atom. The number of hydrogen-bond donors (Lipinski definition) is 1. The van der Waals surface area contributed by atoms with E-state index in [-0.39, 0.29) is 0 Å². The number of benzene rings is 1. The van der Waals surface area contributed by atoms with Crippen molar-refractivity contribution >= 4 is 11.4 Å². The summed E-state index contributed by atoms with van der Waals surface area (Å²) < 4.78 is 5.39. The normalized spacial score (nSPS) is 14.6. The van der Waals surface area contributed by atoms with Crippen LogP contribution in [0.25, 0.3) is 0 Å². The third-order valence-corrected chi connectivity index (χ3v) is 2.65. The smallest absolute Gasteiger partial charge is 0.0641 e. The van der Waals surface area contributed by atoms with Gasteiger partial charge in [0.05, 0.1) is 18.0 Å². The van der Waals surface area contributed by atoms with E-state index in [1.165, 1.54) is 11.4 Å². The monoisotopic (exact) mass is 206 g/mol. The van der Waals surface area contributed by atoms with Gasteiger partial charge in [-0.1, -0.05) is 12.1 Å². The molecule has 1 aliphatic heterocycles. The average Bonchev–Trinajstić information content (AvgIpc) is 2.30. The van der Waals surface area contributed by atoms with Gasteiger partial charge in [-0.3, -0.25) is 0 Å². The Kier molecular flexibility index (Phi) is 3.45. The topological polar surface area (TPSA) is 24.5 Å². The van der Waals surface area contributed by atoms with E-state index in [2.05, 4.69) is 34.5 Å². The van der Waals surface area contributed by atoms with Crippen molar-refractivity contribution < 1.29 is 4.74 Å². The van der Waals surface area contributed by atoms with Crippen LogP contribution in [0, 0.1) is 0 Å². The van der Waals surface area contributed by atoms with Crippen molar-refractivity contribution in [3.8, 4) is 0 Å². The lowest BCUT2D eigenvalue weighted by molar-refractivity contribution is 0.154. The van der Waals surface area contributed by atoms with E-state index < -0.39 is 0 Å². The van der Waals surface area contributed by atoms with Crippen LogP contribution in [0.5, 0.6) is 0 Å². The highest BCUT2D eigenvalue weighted by atomic mass is 16.5. The predicted octanol–water partition coefficient (Wildman–Crippen LogP) is 1.95. The van der Waals surface area contributed by atoms with Crippen LogP contribution in [0.2, 0.25) is 0 Å². The molecule has 1 heterocycles. The van der Waals surface area contributed by atoms with E-state index in [4.69, 9.17) is 4.74 Å². The van der Waals surface area contributed by atoms with Gasteiger partial charge >= 0.3 is 0 Å². The van der Waals surface area contributed by atoms with Crippen LogP contribution in [-0.4, -0.2) is 32.8 Å². The molecular formula is C12H18N2O. The molecule has 1 aliphatic rings. The molecule has 0 radical (unpaired) electrons. The third-order valence-electron chi connectivity index (χ3n) is 2.65. The van der Waals surface area contributed by atoms with Gasteiger partial charge in [0.2, 0.25) is 0 Å². The Morgan fingerprint density at radius 3 is 3.13 bits per heavy atom. The standard InChI is InChI=1S/C12H18N2O/c1-2-15-10-9-14-8-7-13-11-5-3-4-6-12(11)14/h3-6,13H,2,7-10H2,1H3. The first-order valence-corrected chi connectivity index (χ1v) is 5.57. The van der Waals surface area contributed by atoms with Crippen LogP contribution < -0.4 is 10.2 Å². The van der Waals surface area contributed by atoms with Crippen molar-refractivity contribution in [1.29, 1.82) is 0 Å². The number of anilines is 2. The molecule has 1 N–H and O–H groups in total. The summed E-state index contributed by atoms with van der Waals surface area (Å²) in [5.41, 5.74) is 2.53. The molecule has 0 saturated carbocycles. The summed E-state index contributed by atoms with van der Waals surface area (Å²) >= 11 is 0. The first-order chi connectivity index (χ1) is 7.42. The van der Waals surface area contributed by atoms with Crippen LogP contribution in [0.1, 0.15) is 6.92 Å². The van der Waals surface area contributed by atoms with Crippen LogP contribution in [0.3, 0.4) is 0 Å². The van der Waals surface area contributed by atoms with Crippen LogP contribution >= 0.6 is 0 Å². The first-order valence-electron chi connectivity index (χ1n) is 5.57. The zero-order chi connectivity index (χ0) is 10.5. The minimum absolute atomic E-state index is 0.799. The largest absolute Gasteiger partial charge is 0.382 e. The Labute approximate surface area is 91.0 Å². The zero-order valence-corrected chi connectivity index (χ0v) is 9.20. The Bertz CT molecular complexity index is 314. The second-order valence-electron chi connectivity index (χ2n) is 3.63. The number of fused-ring (bicyclic) bond motifs is 1. The summed E-state index contributed by atoms with van der Waals surface area (Å²) in [6, 6.07) is 8.44. The maximum Gasteiger partial charge on any atom is 0.0641 e. The van der Waals surface area contributed by atoms with Crippen molar-refractivity contribution in [2.45, 2.75) is 6.92 Å². The molecule has 0 unspecified atom stereocenters. The van der Waals surface area contributed by atoms with Crippen LogP contribution in [0.15, 0.2) is 24.3 Å². The molecule has 82 valence electrons. The van der Waals surface area contributed by atoms with Gasteiger partial charge < -0.3 is 15.0 Å². The molecule has 0 aromatic heterocycles. The Hall–Kier alpha value is -1.22. The molecule has 2 rings (SSSR count). The van der Waals surface area contributed by atoms with E-state index in [0.29, 0.717) is 0 Å². The molecule has 1 aromatic carbocycles. The fraction of sp³-hybridized carbons (Fsp3) is 0.500. The van der Waals surface area contributed by atoms with Crippen molar-refractivity contribution in [3.05, 3.63) is 24.3 Å². The summed E-state index contributed by atoms with van der Waals surface area (Å²) in [5, 5.41) is 3.40. The highest BCUT2D eigenvalue weighted by Crippen LogP contribution is 2.27.